The largest absolute Gasteiger partial charge is 0.325 e. The fraction of sp³-hybridized carbons (Fsp3) is 0.562. The third kappa shape index (κ3) is 2.52. The first-order valence-corrected chi connectivity index (χ1v) is 6.85. The van der Waals surface area contributed by atoms with E-state index in [2.05, 4.69) is 38.3 Å². The van der Waals surface area contributed by atoms with Crippen LogP contribution in [0, 0.1) is 17.8 Å². The summed E-state index contributed by atoms with van der Waals surface area (Å²) in [4.78, 5) is 11.9. The Labute approximate surface area is 115 Å². The van der Waals surface area contributed by atoms with E-state index >= 15 is 0 Å². The molecule has 0 spiro atoms. The van der Waals surface area contributed by atoms with Crippen LogP contribution in [0.15, 0.2) is 24.3 Å². The Morgan fingerprint density at radius 3 is 2.26 bits per heavy atom. The summed E-state index contributed by atoms with van der Waals surface area (Å²) in [5, 5.41) is 6.31. The Morgan fingerprint density at radius 2 is 1.74 bits per heavy atom. The van der Waals surface area contributed by atoms with Crippen LogP contribution < -0.4 is 10.6 Å². The van der Waals surface area contributed by atoms with Gasteiger partial charge in [0.05, 0.1) is 6.54 Å². The average molecular weight is 260 g/mol. The van der Waals surface area contributed by atoms with Gasteiger partial charge in [-0.05, 0) is 29.4 Å². The van der Waals surface area contributed by atoms with Gasteiger partial charge in [-0.15, -0.1) is 0 Å². The van der Waals surface area contributed by atoms with Gasteiger partial charge in [0.1, 0.15) is 0 Å². The van der Waals surface area contributed by atoms with Gasteiger partial charge in [0, 0.05) is 11.7 Å². The van der Waals surface area contributed by atoms with Crippen LogP contribution in [0.5, 0.6) is 0 Å². The molecular formula is C16H24N2O. The van der Waals surface area contributed by atoms with Crippen LogP contribution in [0.2, 0.25) is 0 Å². The molecule has 0 atom stereocenters. The van der Waals surface area contributed by atoms with E-state index in [4.69, 9.17) is 0 Å². The summed E-state index contributed by atoms with van der Waals surface area (Å²) in [7, 11) is 0. The zero-order chi connectivity index (χ0) is 14.3. The zero-order valence-corrected chi connectivity index (χ0v) is 12.5. The Bertz CT molecular complexity index is 477. The highest BCUT2D eigenvalue weighted by atomic mass is 16.1. The van der Waals surface area contributed by atoms with E-state index in [1.807, 2.05) is 31.2 Å². The minimum absolute atomic E-state index is 0.0211. The third-order valence-electron chi connectivity index (χ3n) is 4.91. The quantitative estimate of drug-likeness (QED) is 0.874. The smallest absolute Gasteiger partial charge is 0.238 e. The lowest BCUT2D eigenvalue weighted by Gasteiger charge is -2.09. The topological polar surface area (TPSA) is 41.1 Å². The number of rotatable bonds is 4. The number of nitrogens with one attached hydrogen (secondary N) is 2. The van der Waals surface area contributed by atoms with E-state index in [0.29, 0.717) is 12.6 Å². The lowest BCUT2D eigenvalue weighted by atomic mass is 10.0. The predicted octanol–water partition coefficient (Wildman–Crippen LogP) is 2.96. The van der Waals surface area contributed by atoms with Crippen LogP contribution in [0.25, 0.3) is 0 Å². The number of hydrogen-bond donors (Lipinski definition) is 2. The molecule has 0 aromatic heterocycles. The molecule has 1 aliphatic rings. The highest BCUT2D eigenvalue weighted by molar-refractivity contribution is 5.93. The Balaban J connectivity index is 1.86. The molecule has 2 N–H and O–H groups in total. The summed E-state index contributed by atoms with van der Waals surface area (Å²) in [6, 6.07) is 8.23. The molecule has 0 radical (unpaired) electrons. The second-order valence-electron chi connectivity index (χ2n) is 6.62. The number of para-hydroxylation sites is 1. The van der Waals surface area contributed by atoms with Gasteiger partial charge in [-0.2, -0.15) is 0 Å². The number of aryl methyl sites for hydroxylation is 1. The molecule has 2 rings (SSSR count). The number of carbonyl (C=O) groups is 1. The summed E-state index contributed by atoms with van der Waals surface area (Å²) >= 11 is 0. The van der Waals surface area contributed by atoms with E-state index < -0.39 is 0 Å². The molecule has 1 aliphatic carbocycles. The fourth-order valence-corrected chi connectivity index (χ4v) is 2.81. The molecule has 0 saturated heterocycles. The van der Waals surface area contributed by atoms with Crippen LogP contribution in [-0.2, 0) is 4.79 Å². The van der Waals surface area contributed by atoms with Crippen molar-refractivity contribution in [3.63, 3.8) is 0 Å². The van der Waals surface area contributed by atoms with Crippen LogP contribution >= 0.6 is 0 Å². The van der Waals surface area contributed by atoms with Crippen LogP contribution in [0.3, 0.4) is 0 Å². The van der Waals surface area contributed by atoms with Crippen molar-refractivity contribution in [3.8, 4) is 0 Å². The zero-order valence-electron chi connectivity index (χ0n) is 12.5. The van der Waals surface area contributed by atoms with E-state index in [1.54, 1.807) is 0 Å². The van der Waals surface area contributed by atoms with Gasteiger partial charge in [0.15, 0.2) is 0 Å². The first-order valence-electron chi connectivity index (χ1n) is 6.85. The second-order valence-corrected chi connectivity index (χ2v) is 6.62. The molecule has 1 fully saturated rings. The molecule has 19 heavy (non-hydrogen) atoms. The highest BCUT2D eigenvalue weighted by Gasteiger charge is 2.64. The van der Waals surface area contributed by atoms with Crippen molar-refractivity contribution in [1.29, 1.82) is 0 Å². The van der Waals surface area contributed by atoms with Gasteiger partial charge in [-0.25, -0.2) is 0 Å². The predicted molar refractivity (Wildman–Crippen MR) is 79.2 cm³/mol. The molecule has 1 aromatic rings. The molecule has 0 bridgehead atoms. The minimum Gasteiger partial charge on any atom is -0.325 e. The molecule has 104 valence electrons. The van der Waals surface area contributed by atoms with Crippen molar-refractivity contribution < 1.29 is 4.79 Å². The number of benzene rings is 1. The average Bonchev–Trinajstić information content (AvgIpc) is 2.70. The second kappa shape index (κ2) is 4.64. The Morgan fingerprint density at radius 1 is 1.16 bits per heavy atom. The monoisotopic (exact) mass is 260 g/mol. The lowest BCUT2D eigenvalue weighted by Crippen LogP contribution is -2.32. The normalized spacial score (nSPS) is 20.1. The van der Waals surface area contributed by atoms with Crippen molar-refractivity contribution in [2.75, 3.05) is 11.9 Å². The first kappa shape index (κ1) is 14.1. The summed E-state index contributed by atoms with van der Waals surface area (Å²) in [6.07, 6.45) is 0. The van der Waals surface area contributed by atoms with Gasteiger partial charge in [-0.3, -0.25) is 4.79 Å². The maximum atomic E-state index is 11.9. The van der Waals surface area contributed by atoms with Crippen molar-refractivity contribution in [3.05, 3.63) is 29.8 Å². The number of hydrogen-bond acceptors (Lipinski definition) is 2. The van der Waals surface area contributed by atoms with E-state index in [-0.39, 0.29) is 16.7 Å². The molecule has 0 heterocycles. The fourth-order valence-electron chi connectivity index (χ4n) is 2.81. The number of carbonyl (C=O) groups excluding carboxylic acids is 1. The Hall–Kier alpha value is -1.35. The summed E-state index contributed by atoms with van der Waals surface area (Å²) < 4.78 is 0. The van der Waals surface area contributed by atoms with E-state index in [9.17, 15) is 4.79 Å². The Kier molecular flexibility index (Phi) is 3.43. The third-order valence-corrected chi connectivity index (χ3v) is 4.91. The molecule has 1 aromatic carbocycles. The summed E-state index contributed by atoms with van der Waals surface area (Å²) in [5.41, 5.74) is 2.50. The molecular weight excluding hydrogens is 236 g/mol. The van der Waals surface area contributed by atoms with Gasteiger partial charge in [0.25, 0.3) is 0 Å². The summed E-state index contributed by atoms with van der Waals surface area (Å²) in [6.45, 7) is 11.3. The standard InChI is InChI=1S/C16H24N2O/c1-11-8-6-7-9-12(11)18-13(19)10-17-14-15(2,3)16(14,4)5/h6-9,14,17H,10H2,1-5H3,(H,18,19). The van der Waals surface area contributed by atoms with Crippen LogP contribution in [0.1, 0.15) is 33.3 Å². The molecule has 0 unspecified atom stereocenters. The molecule has 3 nitrogen and oxygen atoms in total. The van der Waals surface area contributed by atoms with E-state index in [0.717, 1.165) is 11.3 Å². The van der Waals surface area contributed by atoms with Gasteiger partial charge >= 0.3 is 0 Å². The van der Waals surface area contributed by atoms with E-state index in [1.165, 1.54) is 0 Å². The van der Waals surface area contributed by atoms with Crippen molar-refractivity contribution in [2.45, 2.75) is 40.7 Å². The van der Waals surface area contributed by atoms with Gasteiger partial charge < -0.3 is 10.6 Å². The minimum atomic E-state index is 0.0211. The van der Waals surface area contributed by atoms with Gasteiger partial charge in [-0.1, -0.05) is 45.9 Å². The summed E-state index contributed by atoms with van der Waals surface area (Å²) in [5.74, 6) is 0.0211. The molecule has 3 heteroatoms. The number of anilines is 1. The first-order chi connectivity index (χ1) is 8.76. The van der Waals surface area contributed by atoms with Crippen LogP contribution in [-0.4, -0.2) is 18.5 Å². The maximum absolute atomic E-state index is 11.9. The molecule has 0 aliphatic heterocycles. The van der Waals surface area contributed by atoms with Crippen molar-refractivity contribution in [2.24, 2.45) is 10.8 Å². The molecule has 1 saturated carbocycles. The maximum Gasteiger partial charge on any atom is 0.238 e. The highest BCUT2D eigenvalue weighted by Crippen LogP contribution is 2.62. The van der Waals surface area contributed by atoms with Crippen LogP contribution in [0.4, 0.5) is 5.69 Å². The SMILES string of the molecule is Cc1ccccc1NC(=O)CNC1C(C)(C)C1(C)C. The number of amides is 1. The van der Waals surface area contributed by atoms with Crippen molar-refractivity contribution >= 4 is 11.6 Å². The molecule has 1 amide bonds. The van der Waals surface area contributed by atoms with Crippen molar-refractivity contribution in [1.82, 2.24) is 5.32 Å². The lowest BCUT2D eigenvalue weighted by molar-refractivity contribution is -0.115. The van der Waals surface area contributed by atoms with Gasteiger partial charge in [0.2, 0.25) is 5.91 Å².